The third-order valence-corrected chi connectivity index (χ3v) is 7.08. The summed E-state index contributed by atoms with van der Waals surface area (Å²) in [6.07, 6.45) is 6.38. The quantitative estimate of drug-likeness (QED) is 0.723. The van der Waals surface area contributed by atoms with E-state index >= 15 is 0 Å². The number of aryl methyl sites for hydroxylation is 1. The molecule has 28 heavy (non-hydrogen) atoms. The molecule has 2 saturated heterocycles. The highest BCUT2D eigenvalue weighted by molar-refractivity contribution is 7.88. The molecule has 1 aromatic heterocycles. The molecule has 2 fully saturated rings. The molecular formula is C19H31N3O5S. The van der Waals surface area contributed by atoms with E-state index in [1.165, 1.54) is 12.5 Å². The van der Waals surface area contributed by atoms with E-state index in [4.69, 9.17) is 9.15 Å². The van der Waals surface area contributed by atoms with Gasteiger partial charge in [-0.25, -0.2) is 12.7 Å². The van der Waals surface area contributed by atoms with Crippen molar-refractivity contribution in [3.63, 3.8) is 0 Å². The third-order valence-electron chi connectivity index (χ3n) is 5.78. The first kappa shape index (κ1) is 21.3. The van der Waals surface area contributed by atoms with Gasteiger partial charge in [0.25, 0.3) is 5.91 Å². The molecule has 0 aliphatic carbocycles. The molecule has 2 aliphatic heterocycles. The third kappa shape index (κ3) is 5.34. The van der Waals surface area contributed by atoms with Gasteiger partial charge < -0.3 is 14.5 Å². The highest BCUT2D eigenvalue weighted by Gasteiger charge is 2.32. The van der Waals surface area contributed by atoms with E-state index < -0.39 is 10.0 Å². The summed E-state index contributed by atoms with van der Waals surface area (Å²) in [7, 11) is -3.13. The highest BCUT2D eigenvalue weighted by atomic mass is 32.2. The standard InChI is InChI=1S/C19H31N3O5S/c1-15-18(7-14-27-15)19(23)20-8-11-22(17-5-12-26-13-6-17)16-3-9-21(10-4-16)28(2,24)25/h7,14,16-17H,3-6,8-13H2,1-2H3,(H,20,23). The number of nitrogens with zero attached hydrogens (tertiary/aromatic N) is 2. The van der Waals surface area contributed by atoms with Crippen molar-refractivity contribution >= 4 is 15.9 Å². The molecule has 0 saturated carbocycles. The Morgan fingerprint density at radius 2 is 1.86 bits per heavy atom. The predicted octanol–water partition coefficient (Wildman–Crippen LogP) is 1.22. The number of nitrogens with one attached hydrogen (secondary N) is 1. The molecule has 2 aliphatic rings. The van der Waals surface area contributed by atoms with Crippen LogP contribution in [0.3, 0.4) is 0 Å². The fraction of sp³-hybridized carbons (Fsp3) is 0.737. The van der Waals surface area contributed by atoms with Gasteiger partial charge in [0.1, 0.15) is 5.76 Å². The Morgan fingerprint density at radius 1 is 1.21 bits per heavy atom. The summed E-state index contributed by atoms with van der Waals surface area (Å²) in [5.41, 5.74) is 0.569. The molecule has 0 radical (unpaired) electrons. The second kappa shape index (κ2) is 9.39. The van der Waals surface area contributed by atoms with Gasteiger partial charge in [0.15, 0.2) is 0 Å². The molecular weight excluding hydrogens is 382 g/mol. The van der Waals surface area contributed by atoms with Gasteiger partial charge in [-0.2, -0.15) is 0 Å². The summed E-state index contributed by atoms with van der Waals surface area (Å²) in [5.74, 6) is 0.497. The minimum absolute atomic E-state index is 0.120. The fourth-order valence-corrected chi connectivity index (χ4v) is 5.07. The summed E-state index contributed by atoms with van der Waals surface area (Å²) in [5, 5.41) is 2.99. The number of carbonyl (C=O) groups excluding carboxylic acids is 1. The lowest BCUT2D eigenvalue weighted by molar-refractivity contribution is 0.00747. The van der Waals surface area contributed by atoms with E-state index in [1.807, 2.05) is 0 Å². The number of hydrogen-bond acceptors (Lipinski definition) is 6. The summed E-state index contributed by atoms with van der Waals surface area (Å²) in [6.45, 7) is 5.70. The van der Waals surface area contributed by atoms with Crippen LogP contribution in [-0.2, 0) is 14.8 Å². The Hall–Kier alpha value is -1.42. The van der Waals surface area contributed by atoms with Crippen LogP contribution in [0.4, 0.5) is 0 Å². The van der Waals surface area contributed by atoms with Crippen molar-refractivity contribution in [1.29, 1.82) is 0 Å². The van der Waals surface area contributed by atoms with Crippen LogP contribution in [0.5, 0.6) is 0 Å². The second-order valence-corrected chi connectivity index (χ2v) is 9.60. The molecule has 1 amide bonds. The number of amides is 1. The average Bonchev–Trinajstić information content (AvgIpc) is 3.11. The number of ether oxygens (including phenoxy) is 1. The molecule has 0 unspecified atom stereocenters. The van der Waals surface area contributed by atoms with Gasteiger partial charge >= 0.3 is 0 Å². The van der Waals surface area contributed by atoms with Gasteiger partial charge in [-0.15, -0.1) is 0 Å². The number of rotatable bonds is 7. The zero-order valence-corrected chi connectivity index (χ0v) is 17.5. The van der Waals surface area contributed by atoms with E-state index in [9.17, 15) is 13.2 Å². The lowest BCUT2D eigenvalue weighted by Gasteiger charge is -2.43. The van der Waals surface area contributed by atoms with Gasteiger partial charge in [0.2, 0.25) is 10.0 Å². The monoisotopic (exact) mass is 413 g/mol. The molecule has 9 heteroatoms. The van der Waals surface area contributed by atoms with E-state index in [-0.39, 0.29) is 5.91 Å². The molecule has 158 valence electrons. The average molecular weight is 414 g/mol. The summed E-state index contributed by atoms with van der Waals surface area (Å²) >= 11 is 0. The van der Waals surface area contributed by atoms with Crippen LogP contribution < -0.4 is 5.32 Å². The van der Waals surface area contributed by atoms with Crippen molar-refractivity contribution in [3.05, 3.63) is 23.7 Å². The molecule has 0 bridgehead atoms. The van der Waals surface area contributed by atoms with Gasteiger partial charge in [-0.05, 0) is 38.7 Å². The Kier molecular flexibility index (Phi) is 7.14. The molecule has 1 aromatic rings. The van der Waals surface area contributed by atoms with Crippen LogP contribution >= 0.6 is 0 Å². The largest absolute Gasteiger partial charge is 0.469 e. The highest BCUT2D eigenvalue weighted by Crippen LogP contribution is 2.24. The van der Waals surface area contributed by atoms with E-state index in [2.05, 4.69) is 10.2 Å². The number of carbonyl (C=O) groups is 1. The van der Waals surface area contributed by atoms with Gasteiger partial charge in [0.05, 0.1) is 18.1 Å². The lowest BCUT2D eigenvalue weighted by atomic mass is 9.98. The fourth-order valence-electron chi connectivity index (χ4n) is 4.20. The van der Waals surface area contributed by atoms with Crippen molar-refractivity contribution in [1.82, 2.24) is 14.5 Å². The number of sulfonamides is 1. The van der Waals surface area contributed by atoms with Crippen molar-refractivity contribution in [3.8, 4) is 0 Å². The Labute approximate surface area is 167 Å². The van der Waals surface area contributed by atoms with Crippen LogP contribution in [0.2, 0.25) is 0 Å². The van der Waals surface area contributed by atoms with Crippen molar-refractivity contribution in [2.45, 2.75) is 44.7 Å². The number of furan rings is 1. The van der Waals surface area contributed by atoms with E-state index in [1.54, 1.807) is 17.3 Å². The molecule has 3 rings (SSSR count). The predicted molar refractivity (Wildman–Crippen MR) is 106 cm³/mol. The maximum Gasteiger partial charge on any atom is 0.254 e. The summed E-state index contributed by atoms with van der Waals surface area (Å²) < 4.78 is 35.9. The summed E-state index contributed by atoms with van der Waals surface area (Å²) in [4.78, 5) is 14.8. The SMILES string of the molecule is Cc1occc1C(=O)NCCN(C1CCOCC1)C1CCN(S(C)(=O)=O)CC1. The van der Waals surface area contributed by atoms with E-state index in [0.717, 1.165) is 45.4 Å². The zero-order chi connectivity index (χ0) is 20.1. The number of piperidine rings is 1. The molecule has 1 N–H and O–H groups in total. The van der Waals surface area contributed by atoms with Gasteiger partial charge in [-0.1, -0.05) is 0 Å². The maximum absolute atomic E-state index is 12.3. The van der Waals surface area contributed by atoms with Crippen LogP contribution in [0, 0.1) is 6.92 Å². The van der Waals surface area contributed by atoms with Gasteiger partial charge in [-0.3, -0.25) is 9.69 Å². The molecule has 0 atom stereocenters. The lowest BCUT2D eigenvalue weighted by Crippen LogP contribution is -2.53. The topological polar surface area (TPSA) is 92.1 Å². The maximum atomic E-state index is 12.3. The normalized spacial score (nSPS) is 20.5. The van der Waals surface area contributed by atoms with Crippen LogP contribution in [0.15, 0.2) is 16.7 Å². The first-order valence-corrected chi connectivity index (χ1v) is 11.8. The minimum Gasteiger partial charge on any atom is -0.469 e. The molecule has 8 nitrogen and oxygen atoms in total. The Bertz CT molecular complexity index is 749. The minimum atomic E-state index is -3.13. The smallest absolute Gasteiger partial charge is 0.254 e. The molecule has 3 heterocycles. The van der Waals surface area contributed by atoms with Crippen molar-refractivity contribution in [2.24, 2.45) is 0 Å². The van der Waals surface area contributed by atoms with E-state index in [0.29, 0.717) is 43.0 Å². The van der Waals surface area contributed by atoms with Crippen molar-refractivity contribution < 1.29 is 22.4 Å². The van der Waals surface area contributed by atoms with Gasteiger partial charge in [0, 0.05) is 51.5 Å². The molecule has 0 spiro atoms. The summed E-state index contributed by atoms with van der Waals surface area (Å²) in [6, 6.07) is 2.42. The first-order valence-electron chi connectivity index (χ1n) is 9.97. The van der Waals surface area contributed by atoms with Crippen LogP contribution in [0.25, 0.3) is 0 Å². The van der Waals surface area contributed by atoms with Crippen LogP contribution in [-0.4, -0.2) is 81.3 Å². The Balaban J connectivity index is 1.58. The van der Waals surface area contributed by atoms with Crippen molar-refractivity contribution in [2.75, 3.05) is 45.6 Å². The molecule has 0 aromatic carbocycles. The Morgan fingerprint density at radius 3 is 2.43 bits per heavy atom. The number of hydrogen-bond donors (Lipinski definition) is 1. The zero-order valence-electron chi connectivity index (χ0n) is 16.7. The first-order chi connectivity index (χ1) is 13.4. The van der Waals surface area contributed by atoms with Crippen LogP contribution in [0.1, 0.15) is 41.8 Å². The second-order valence-electron chi connectivity index (χ2n) is 7.62.